The molecule has 0 spiro atoms. The molecule has 1 aliphatic heterocycles. The van der Waals surface area contributed by atoms with Crippen LogP contribution < -0.4 is 10.2 Å². The lowest BCUT2D eigenvalue weighted by molar-refractivity contribution is 0.0992. The number of anilines is 2. The van der Waals surface area contributed by atoms with Crippen molar-refractivity contribution in [3.63, 3.8) is 0 Å². The highest BCUT2D eigenvalue weighted by Gasteiger charge is 2.24. The predicted octanol–water partition coefficient (Wildman–Crippen LogP) is 5.29. The first-order valence-electron chi connectivity index (χ1n) is 11.1. The van der Waals surface area contributed by atoms with Gasteiger partial charge in [-0.3, -0.25) is 9.59 Å². The van der Waals surface area contributed by atoms with Crippen molar-refractivity contribution in [2.75, 3.05) is 36.5 Å². The van der Waals surface area contributed by atoms with Crippen molar-refractivity contribution in [1.82, 2.24) is 4.98 Å². The average Bonchev–Trinajstić information content (AvgIpc) is 2.86. The number of rotatable bonds is 7. The second-order valence-corrected chi connectivity index (χ2v) is 9.04. The molecule has 180 valence electrons. The van der Waals surface area contributed by atoms with E-state index in [4.69, 9.17) is 33.3 Å². The molecule has 2 heterocycles. The summed E-state index contributed by atoms with van der Waals surface area (Å²) in [6.07, 6.45) is 1.45. The summed E-state index contributed by atoms with van der Waals surface area (Å²) in [6, 6.07) is 13.5. The number of aromatic nitrogens is 1. The van der Waals surface area contributed by atoms with Crippen molar-refractivity contribution < 1.29 is 14.3 Å². The van der Waals surface area contributed by atoms with Gasteiger partial charge in [-0.1, -0.05) is 47.5 Å². The van der Waals surface area contributed by atoms with Crippen molar-refractivity contribution in [3.05, 3.63) is 87.0 Å². The molecule has 0 radical (unpaired) electrons. The number of amides is 1. The molecule has 9 heteroatoms. The fourth-order valence-corrected chi connectivity index (χ4v) is 4.22. The fourth-order valence-electron chi connectivity index (χ4n) is 3.90. The Hall–Kier alpha value is -3.26. The van der Waals surface area contributed by atoms with E-state index in [0.29, 0.717) is 64.6 Å². The Kier molecular flexibility index (Phi) is 7.80. The summed E-state index contributed by atoms with van der Waals surface area (Å²) < 4.78 is 5.48. The van der Waals surface area contributed by atoms with E-state index < -0.39 is 5.91 Å². The van der Waals surface area contributed by atoms with E-state index in [2.05, 4.69) is 15.2 Å². The van der Waals surface area contributed by atoms with Gasteiger partial charge in [-0.05, 0) is 42.3 Å². The van der Waals surface area contributed by atoms with Gasteiger partial charge < -0.3 is 20.4 Å². The molecular weight excluding hydrogens is 487 g/mol. The molecule has 0 bridgehead atoms. The first-order valence-corrected chi connectivity index (χ1v) is 11.8. The van der Waals surface area contributed by atoms with Crippen molar-refractivity contribution in [2.45, 2.75) is 13.3 Å². The van der Waals surface area contributed by atoms with Gasteiger partial charge in [0.15, 0.2) is 5.78 Å². The largest absolute Gasteiger partial charge is 0.378 e. The zero-order valence-corrected chi connectivity index (χ0v) is 20.6. The quantitative estimate of drug-likeness (QED) is 0.332. The maximum Gasteiger partial charge on any atom is 0.257 e. The van der Waals surface area contributed by atoms with Gasteiger partial charge in [-0.25, -0.2) is 4.98 Å². The number of benzene rings is 2. The molecule has 0 aliphatic carbocycles. The van der Waals surface area contributed by atoms with Crippen LogP contribution in [0.3, 0.4) is 0 Å². The average molecular weight is 511 g/mol. The summed E-state index contributed by atoms with van der Waals surface area (Å²) in [6.45, 7) is 4.02. The Balaban J connectivity index is 1.71. The first kappa shape index (κ1) is 24.9. The molecule has 35 heavy (non-hydrogen) atoms. The number of nitrogens with one attached hydrogen (secondary N) is 2. The van der Waals surface area contributed by atoms with Crippen LogP contribution in [0.4, 0.5) is 11.5 Å². The van der Waals surface area contributed by atoms with E-state index in [1.54, 1.807) is 55.5 Å². The molecule has 4 rings (SSSR count). The van der Waals surface area contributed by atoms with E-state index in [0.717, 1.165) is 11.3 Å². The Morgan fingerprint density at radius 2 is 1.71 bits per heavy atom. The van der Waals surface area contributed by atoms with Crippen LogP contribution in [-0.2, 0) is 11.2 Å². The highest BCUT2D eigenvalue weighted by Crippen LogP contribution is 2.31. The number of carbonyl (C=O) groups excluding carboxylic acids is 2. The topological polar surface area (TPSA) is 95.4 Å². The van der Waals surface area contributed by atoms with E-state index in [9.17, 15) is 9.59 Å². The van der Waals surface area contributed by atoms with Crippen LogP contribution >= 0.6 is 23.2 Å². The zero-order chi connectivity index (χ0) is 24.9. The van der Waals surface area contributed by atoms with Gasteiger partial charge in [0.05, 0.1) is 18.2 Å². The summed E-state index contributed by atoms with van der Waals surface area (Å²) in [4.78, 5) is 32.8. The highest BCUT2D eigenvalue weighted by molar-refractivity contribution is 6.31. The monoisotopic (exact) mass is 510 g/mol. The summed E-state index contributed by atoms with van der Waals surface area (Å²) in [5, 5.41) is 11.4. The third kappa shape index (κ3) is 6.06. The smallest absolute Gasteiger partial charge is 0.257 e. The standard InChI is InChI=1S/C26H24Cl2N4O3/c1-16(29)17-2-4-18(5-3-17)24(33)14-21-22(26(34)31-25-7-6-19(27)15-30-25)12-20(28)13-23(21)32-8-10-35-11-9-32/h2-7,12-13,15,29H,8-11,14H2,1H3,(H,30,31,34). The van der Waals surface area contributed by atoms with Gasteiger partial charge in [-0.15, -0.1) is 0 Å². The molecule has 2 N–H and O–H groups in total. The SMILES string of the molecule is CC(=N)c1ccc(C(=O)Cc2c(C(=O)Nc3ccc(Cl)cn3)cc(Cl)cc2N2CCOCC2)cc1. The summed E-state index contributed by atoms with van der Waals surface area (Å²) in [5.41, 5.74) is 3.29. The molecular formula is C26H24Cl2N4O3. The number of carbonyl (C=O) groups is 2. The molecule has 0 saturated carbocycles. The Morgan fingerprint density at radius 1 is 1.03 bits per heavy atom. The molecule has 1 amide bonds. The fraction of sp³-hybridized carbons (Fsp3) is 0.231. The number of Topliss-reactive ketones (excluding diaryl/α,β-unsaturated/α-hetero) is 1. The number of nitrogens with zero attached hydrogens (tertiary/aromatic N) is 2. The maximum atomic E-state index is 13.3. The van der Waals surface area contributed by atoms with Crippen molar-refractivity contribution in [3.8, 4) is 0 Å². The molecule has 0 atom stereocenters. The molecule has 2 aromatic carbocycles. The summed E-state index contributed by atoms with van der Waals surface area (Å²) >= 11 is 12.3. The molecule has 3 aromatic rings. The van der Waals surface area contributed by atoms with Crippen LogP contribution in [0.25, 0.3) is 0 Å². The number of ether oxygens (including phenoxy) is 1. The van der Waals surface area contributed by atoms with Crippen LogP contribution in [0.15, 0.2) is 54.7 Å². The third-order valence-electron chi connectivity index (χ3n) is 5.73. The number of halogens is 2. The zero-order valence-electron chi connectivity index (χ0n) is 19.1. The van der Waals surface area contributed by atoms with E-state index in [1.165, 1.54) is 6.20 Å². The van der Waals surface area contributed by atoms with E-state index >= 15 is 0 Å². The van der Waals surface area contributed by atoms with Gasteiger partial charge in [0.1, 0.15) is 5.82 Å². The van der Waals surface area contributed by atoms with Gasteiger partial charge >= 0.3 is 0 Å². The van der Waals surface area contributed by atoms with Gasteiger partial charge in [0.2, 0.25) is 0 Å². The molecule has 1 saturated heterocycles. The van der Waals surface area contributed by atoms with Crippen LogP contribution in [0, 0.1) is 5.41 Å². The van der Waals surface area contributed by atoms with E-state index in [1.807, 2.05) is 0 Å². The molecule has 0 unspecified atom stereocenters. The molecule has 1 fully saturated rings. The lowest BCUT2D eigenvalue weighted by Gasteiger charge is -2.31. The number of hydrogen-bond donors (Lipinski definition) is 2. The lowest BCUT2D eigenvalue weighted by atomic mass is 9.95. The number of hydrogen-bond acceptors (Lipinski definition) is 6. The highest BCUT2D eigenvalue weighted by atomic mass is 35.5. The molecule has 1 aliphatic rings. The minimum Gasteiger partial charge on any atom is -0.378 e. The normalized spacial score (nSPS) is 13.4. The number of ketones is 1. The Labute approximate surface area is 213 Å². The molecule has 1 aromatic heterocycles. The summed E-state index contributed by atoms with van der Waals surface area (Å²) in [7, 11) is 0. The lowest BCUT2D eigenvalue weighted by Crippen LogP contribution is -2.37. The maximum absolute atomic E-state index is 13.3. The summed E-state index contributed by atoms with van der Waals surface area (Å²) in [5.74, 6) is -0.230. The second-order valence-electron chi connectivity index (χ2n) is 8.17. The number of morpholine rings is 1. The predicted molar refractivity (Wildman–Crippen MR) is 139 cm³/mol. The third-order valence-corrected chi connectivity index (χ3v) is 6.18. The van der Waals surface area contributed by atoms with Crippen LogP contribution in [0.5, 0.6) is 0 Å². The van der Waals surface area contributed by atoms with Gasteiger partial charge in [0, 0.05) is 53.3 Å². The van der Waals surface area contributed by atoms with Crippen LogP contribution in [0.2, 0.25) is 10.0 Å². The van der Waals surface area contributed by atoms with Crippen molar-refractivity contribution >= 4 is 52.1 Å². The number of pyridine rings is 1. The Morgan fingerprint density at radius 3 is 2.34 bits per heavy atom. The van der Waals surface area contributed by atoms with Crippen molar-refractivity contribution in [1.29, 1.82) is 5.41 Å². The van der Waals surface area contributed by atoms with Gasteiger partial charge in [0.25, 0.3) is 5.91 Å². The minimum absolute atomic E-state index is 0.00355. The minimum atomic E-state index is -0.422. The Bertz CT molecular complexity index is 1250. The van der Waals surface area contributed by atoms with Gasteiger partial charge in [-0.2, -0.15) is 0 Å². The van der Waals surface area contributed by atoms with E-state index in [-0.39, 0.29) is 12.2 Å². The molecule has 7 nitrogen and oxygen atoms in total. The second kappa shape index (κ2) is 11.0. The van der Waals surface area contributed by atoms with Crippen LogP contribution in [-0.4, -0.2) is 48.7 Å². The first-order chi connectivity index (χ1) is 16.8. The van der Waals surface area contributed by atoms with Crippen LogP contribution in [0.1, 0.15) is 38.8 Å². The van der Waals surface area contributed by atoms with Crippen molar-refractivity contribution in [2.24, 2.45) is 0 Å².